The van der Waals surface area contributed by atoms with Crippen LogP contribution in [0, 0.1) is 0 Å². The monoisotopic (exact) mass is 432 g/mol. The molecule has 1 heterocycles. The molecule has 29 heavy (non-hydrogen) atoms. The molecule has 152 valence electrons. The normalized spacial score (nSPS) is 16.2. The molecule has 1 N–H and O–H groups in total. The van der Waals surface area contributed by atoms with Gasteiger partial charge in [-0.15, -0.1) is 11.8 Å². The van der Waals surface area contributed by atoms with E-state index in [1.165, 1.54) is 4.90 Å². The van der Waals surface area contributed by atoms with Crippen LogP contribution in [0.5, 0.6) is 5.75 Å². The van der Waals surface area contributed by atoms with Gasteiger partial charge in [0.25, 0.3) is 0 Å². The van der Waals surface area contributed by atoms with Gasteiger partial charge in [0.05, 0.1) is 23.3 Å². The minimum Gasteiger partial charge on any atom is -0.494 e. The van der Waals surface area contributed by atoms with Crippen LogP contribution < -0.4 is 15.0 Å². The summed E-state index contributed by atoms with van der Waals surface area (Å²) in [6.07, 6.45) is 0.969. The second-order valence-corrected chi connectivity index (χ2v) is 8.10. The van der Waals surface area contributed by atoms with Gasteiger partial charge in [-0.25, -0.2) is 4.90 Å². The number of imide groups is 1. The highest BCUT2D eigenvalue weighted by Crippen LogP contribution is 2.30. The molecule has 0 saturated carbocycles. The van der Waals surface area contributed by atoms with Crippen LogP contribution in [0.1, 0.15) is 19.8 Å². The standard InChI is InChI=1S/C21H21ClN2O4S/c1-2-10-28-17-8-6-16(7-9-17)24-20(26)12-18(21(24)27)29-13-19(25)23-15-5-3-4-14(22)11-15/h3-9,11,18H,2,10,12-13H2,1H3,(H,23,25)/t18-/m1/s1. The number of thioether (sulfide) groups is 1. The smallest absolute Gasteiger partial charge is 0.247 e. The van der Waals surface area contributed by atoms with Gasteiger partial charge in [0.2, 0.25) is 17.7 Å². The highest BCUT2D eigenvalue weighted by Gasteiger charge is 2.40. The first-order chi connectivity index (χ1) is 14.0. The molecule has 1 saturated heterocycles. The molecule has 0 aliphatic carbocycles. The van der Waals surface area contributed by atoms with E-state index in [9.17, 15) is 14.4 Å². The number of nitrogens with zero attached hydrogens (tertiary/aromatic N) is 1. The third kappa shape index (κ3) is 5.52. The maximum atomic E-state index is 12.7. The molecule has 1 fully saturated rings. The van der Waals surface area contributed by atoms with E-state index in [0.29, 0.717) is 28.8 Å². The highest BCUT2D eigenvalue weighted by molar-refractivity contribution is 8.01. The number of carbonyl (C=O) groups is 3. The van der Waals surface area contributed by atoms with Crippen LogP contribution in [0.15, 0.2) is 48.5 Å². The summed E-state index contributed by atoms with van der Waals surface area (Å²) in [5, 5.41) is 2.67. The summed E-state index contributed by atoms with van der Waals surface area (Å²) < 4.78 is 5.52. The van der Waals surface area contributed by atoms with Gasteiger partial charge in [0, 0.05) is 17.1 Å². The number of carbonyl (C=O) groups excluding carboxylic acids is 3. The molecule has 2 aromatic rings. The number of halogens is 1. The summed E-state index contributed by atoms with van der Waals surface area (Å²) in [4.78, 5) is 38.4. The Kier molecular flexibility index (Phi) is 7.17. The second kappa shape index (κ2) is 9.80. The van der Waals surface area contributed by atoms with E-state index in [1.807, 2.05) is 6.92 Å². The molecule has 0 spiro atoms. The molecule has 3 amide bonds. The van der Waals surface area contributed by atoms with Crippen molar-refractivity contribution in [2.24, 2.45) is 0 Å². The van der Waals surface area contributed by atoms with E-state index in [-0.39, 0.29) is 29.9 Å². The number of nitrogens with one attached hydrogen (secondary N) is 1. The first kappa shape index (κ1) is 21.2. The summed E-state index contributed by atoms with van der Waals surface area (Å²) in [6, 6.07) is 13.7. The Labute approximate surface area is 178 Å². The zero-order chi connectivity index (χ0) is 20.8. The van der Waals surface area contributed by atoms with Crippen molar-refractivity contribution in [1.29, 1.82) is 0 Å². The molecule has 3 rings (SSSR count). The number of hydrogen-bond donors (Lipinski definition) is 1. The van der Waals surface area contributed by atoms with Crippen LogP contribution in [-0.4, -0.2) is 35.3 Å². The number of ether oxygens (including phenoxy) is 1. The summed E-state index contributed by atoms with van der Waals surface area (Å²) in [6.45, 7) is 2.62. The van der Waals surface area contributed by atoms with Gasteiger partial charge >= 0.3 is 0 Å². The van der Waals surface area contributed by atoms with Crippen molar-refractivity contribution in [2.75, 3.05) is 22.6 Å². The van der Waals surface area contributed by atoms with Crippen molar-refractivity contribution in [1.82, 2.24) is 0 Å². The fourth-order valence-electron chi connectivity index (χ4n) is 2.86. The Hall–Kier alpha value is -2.51. The van der Waals surface area contributed by atoms with E-state index in [2.05, 4.69) is 5.32 Å². The number of benzene rings is 2. The first-order valence-electron chi connectivity index (χ1n) is 9.24. The predicted molar refractivity (Wildman–Crippen MR) is 116 cm³/mol. The molecule has 0 aromatic heterocycles. The Morgan fingerprint density at radius 1 is 1.24 bits per heavy atom. The lowest BCUT2D eigenvalue weighted by Crippen LogP contribution is -2.31. The number of hydrogen-bond acceptors (Lipinski definition) is 5. The largest absolute Gasteiger partial charge is 0.494 e. The molecular weight excluding hydrogens is 412 g/mol. The number of anilines is 2. The average molecular weight is 433 g/mol. The van der Waals surface area contributed by atoms with Crippen molar-refractivity contribution < 1.29 is 19.1 Å². The van der Waals surface area contributed by atoms with Crippen LogP contribution in [0.25, 0.3) is 0 Å². The summed E-state index contributed by atoms with van der Waals surface area (Å²) in [7, 11) is 0. The molecular formula is C21H21ClN2O4S. The molecule has 0 radical (unpaired) electrons. The zero-order valence-electron chi connectivity index (χ0n) is 15.9. The van der Waals surface area contributed by atoms with E-state index in [0.717, 1.165) is 18.2 Å². The van der Waals surface area contributed by atoms with Crippen molar-refractivity contribution in [3.05, 3.63) is 53.6 Å². The quantitative estimate of drug-likeness (QED) is 0.634. The SMILES string of the molecule is CCCOc1ccc(N2C(=O)C[C@@H](SCC(=O)Nc3cccc(Cl)c3)C2=O)cc1. The summed E-state index contributed by atoms with van der Waals surface area (Å²) >= 11 is 7.06. The summed E-state index contributed by atoms with van der Waals surface area (Å²) in [5.41, 5.74) is 1.10. The van der Waals surface area contributed by atoms with E-state index < -0.39 is 5.25 Å². The second-order valence-electron chi connectivity index (χ2n) is 6.47. The zero-order valence-corrected chi connectivity index (χ0v) is 17.5. The fraction of sp³-hybridized carbons (Fsp3) is 0.286. The Balaban J connectivity index is 1.56. The van der Waals surface area contributed by atoms with Gasteiger partial charge in [-0.1, -0.05) is 24.6 Å². The van der Waals surface area contributed by atoms with Crippen LogP contribution in [0.3, 0.4) is 0 Å². The van der Waals surface area contributed by atoms with Gasteiger partial charge in [-0.3, -0.25) is 14.4 Å². The Bertz CT molecular complexity index is 904. The van der Waals surface area contributed by atoms with Crippen LogP contribution in [0.2, 0.25) is 5.02 Å². The van der Waals surface area contributed by atoms with Crippen LogP contribution >= 0.6 is 23.4 Å². The molecule has 8 heteroatoms. The minimum atomic E-state index is -0.580. The van der Waals surface area contributed by atoms with E-state index in [1.54, 1.807) is 48.5 Å². The molecule has 6 nitrogen and oxygen atoms in total. The minimum absolute atomic E-state index is 0.0633. The van der Waals surface area contributed by atoms with Crippen molar-refractivity contribution >= 4 is 52.5 Å². The lowest BCUT2D eigenvalue weighted by atomic mass is 10.3. The van der Waals surface area contributed by atoms with E-state index >= 15 is 0 Å². The molecule has 0 bridgehead atoms. The maximum absolute atomic E-state index is 12.7. The maximum Gasteiger partial charge on any atom is 0.247 e. The molecule has 1 aliphatic heterocycles. The molecule has 2 aromatic carbocycles. The highest BCUT2D eigenvalue weighted by atomic mass is 35.5. The van der Waals surface area contributed by atoms with Gasteiger partial charge in [0.15, 0.2) is 0 Å². The van der Waals surface area contributed by atoms with Gasteiger partial charge in [-0.2, -0.15) is 0 Å². The molecule has 1 atom stereocenters. The van der Waals surface area contributed by atoms with Gasteiger partial charge in [-0.05, 0) is 48.9 Å². The van der Waals surface area contributed by atoms with Crippen molar-refractivity contribution in [3.63, 3.8) is 0 Å². The molecule has 0 unspecified atom stereocenters. The Morgan fingerprint density at radius 2 is 2.00 bits per heavy atom. The van der Waals surface area contributed by atoms with Gasteiger partial charge < -0.3 is 10.1 Å². The van der Waals surface area contributed by atoms with Crippen molar-refractivity contribution in [3.8, 4) is 5.75 Å². The number of rotatable bonds is 8. The number of amides is 3. The lowest BCUT2D eigenvalue weighted by molar-refractivity contribution is -0.121. The van der Waals surface area contributed by atoms with Crippen LogP contribution in [0.4, 0.5) is 11.4 Å². The summed E-state index contributed by atoms with van der Waals surface area (Å²) in [5.74, 6) is -0.0807. The topological polar surface area (TPSA) is 75.7 Å². The third-order valence-electron chi connectivity index (χ3n) is 4.20. The van der Waals surface area contributed by atoms with E-state index in [4.69, 9.17) is 16.3 Å². The van der Waals surface area contributed by atoms with Crippen molar-refractivity contribution in [2.45, 2.75) is 25.0 Å². The lowest BCUT2D eigenvalue weighted by Gasteiger charge is -2.15. The third-order valence-corrected chi connectivity index (χ3v) is 5.63. The molecule has 1 aliphatic rings. The predicted octanol–water partition coefficient (Wildman–Crippen LogP) is 4.13. The van der Waals surface area contributed by atoms with Crippen LogP contribution in [-0.2, 0) is 14.4 Å². The average Bonchev–Trinajstić information content (AvgIpc) is 2.98. The fourth-order valence-corrected chi connectivity index (χ4v) is 3.98. The Morgan fingerprint density at radius 3 is 2.69 bits per heavy atom. The van der Waals surface area contributed by atoms with Gasteiger partial charge in [0.1, 0.15) is 5.75 Å². The first-order valence-corrected chi connectivity index (χ1v) is 10.7.